The number of aryl methyl sites for hydroxylation is 2. The molecule has 0 nitrogen and oxygen atoms in total. The van der Waals surface area contributed by atoms with Crippen LogP contribution in [0.1, 0.15) is 39.6 Å². The number of rotatable bonds is 3. The lowest BCUT2D eigenvalue weighted by Crippen LogP contribution is -2.23. The van der Waals surface area contributed by atoms with Gasteiger partial charge in [0.25, 0.3) is 0 Å². The van der Waals surface area contributed by atoms with E-state index in [0.717, 1.165) is 0 Å². The Hall–Kier alpha value is -0.600. The van der Waals surface area contributed by atoms with Crippen molar-refractivity contribution in [2.45, 2.75) is 37.9 Å². The summed E-state index contributed by atoms with van der Waals surface area (Å²) in [6.07, 6.45) is 0. The average Bonchev–Trinajstić information content (AvgIpc) is 2.68. The van der Waals surface area contributed by atoms with E-state index in [0.29, 0.717) is 4.83 Å². The van der Waals surface area contributed by atoms with Crippen LogP contribution in [0.5, 0.6) is 0 Å². The third-order valence-corrected chi connectivity index (χ3v) is 6.12. The number of hydrogen-bond acceptors (Lipinski definition) is 1. The first kappa shape index (κ1) is 13.8. The van der Waals surface area contributed by atoms with Gasteiger partial charge in [0.15, 0.2) is 0 Å². The second-order valence-electron chi connectivity index (χ2n) is 5.32. The first-order valence-electron chi connectivity index (χ1n) is 6.19. The van der Waals surface area contributed by atoms with Gasteiger partial charge < -0.3 is 0 Å². The third-order valence-electron chi connectivity index (χ3n) is 3.50. The van der Waals surface area contributed by atoms with Gasteiger partial charge in [-0.3, -0.25) is 0 Å². The third kappa shape index (κ3) is 2.55. The highest BCUT2D eigenvalue weighted by Gasteiger charge is 2.31. The topological polar surface area (TPSA) is 0 Å². The lowest BCUT2D eigenvalue weighted by molar-refractivity contribution is 0.517. The summed E-state index contributed by atoms with van der Waals surface area (Å²) in [7, 11) is 0. The highest BCUT2D eigenvalue weighted by atomic mass is 79.9. The fourth-order valence-corrected chi connectivity index (χ4v) is 4.16. The van der Waals surface area contributed by atoms with Crippen molar-refractivity contribution >= 4 is 27.3 Å². The maximum Gasteiger partial charge on any atom is 0.0497 e. The fourth-order valence-electron chi connectivity index (χ4n) is 2.30. The predicted octanol–water partition coefficient (Wildman–Crippen LogP) is 5.78. The summed E-state index contributed by atoms with van der Waals surface area (Å²) in [6, 6.07) is 13.0. The second-order valence-corrected chi connectivity index (χ2v) is 7.69. The van der Waals surface area contributed by atoms with Gasteiger partial charge in [-0.05, 0) is 31.0 Å². The molecule has 1 heterocycles. The molecule has 0 saturated carbocycles. The fraction of sp³-hybridized carbons (Fsp3) is 0.375. The maximum absolute atomic E-state index is 3.92. The second kappa shape index (κ2) is 5.18. The van der Waals surface area contributed by atoms with Gasteiger partial charge in [0.05, 0.1) is 0 Å². The van der Waals surface area contributed by atoms with Gasteiger partial charge in [0, 0.05) is 20.0 Å². The lowest BCUT2D eigenvalue weighted by Gasteiger charge is -2.31. The van der Waals surface area contributed by atoms with E-state index in [4.69, 9.17) is 0 Å². The molecule has 2 heteroatoms. The van der Waals surface area contributed by atoms with Crippen LogP contribution in [0, 0.1) is 13.8 Å². The first-order chi connectivity index (χ1) is 8.43. The molecule has 0 bridgehead atoms. The Morgan fingerprint density at radius 3 is 2.22 bits per heavy atom. The van der Waals surface area contributed by atoms with Crippen molar-refractivity contribution in [2.75, 3.05) is 0 Å². The Morgan fingerprint density at radius 2 is 1.72 bits per heavy atom. The molecule has 0 N–H and O–H groups in total. The van der Waals surface area contributed by atoms with E-state index in [1.165, 1.54) is 20.9 Å². The molecule has 0 aliphatic rings. The minimum absolute atomic E-state index is 0.0829. The van der Waals surface area contributed by atoms with Crippen molar-refractivity contribution in [2.24, 2.45) is 0 Å². The van der Waals surface area contributed by atoms with Crippen molar-refractivity contribution in [3.63, 3.8) is 0 Å². The van der Waals surface area contributed by atoms with E-state index in [1.807, 2.05) is 11.3 Å². The van der Waals surface area contributed by atoms with Crippen molar-refractivity contribution < 1.29 is 0 Å². The molecule has 0 aliphatic heterocycles. The number of benzene rings is 1. The molecule has 1 atom stereocenters. The van der Waals surface area contributed by atoms with Crippen LogP contribution in [0.15, 0.2) is 36.4 Å². The van der Waals surface area contributed by atoms with Crippen molar-refractivity contribution in [1.82, 2.24) is 0 Å². The van der Waals surface area contributed by atoms with Crippen molar-refractivity contribution in [3.05, 3.63) is 57.3 Å². The van der Waals surface area contributed by atoms with Crippen LogP contribution >= 0.6 is 27.3 Å². The van der Waals surface area contributed by atoms with E-state index in [1.54, 1.807) is 0 Å². The van der Waals surface area contributed by atoms with Crippen molar-refractivity contribution in [1.29, 1.82) is 0 Å². The first-order valence-corrected chi connectivity index (χ1v) is 7.92. The summed E-state index contributed by atoms with van der Waals surface area (Å²) in [5.41, 5.74) is 2.88. The van der Waals surface area contributed by atoms with Gasteiger partial charge in [-0.15, -0.1) is 11.3 Å². The Labute approximate surface area is 122 Å². The molecule has 1 aromatic heterocycles. The van der Waals surface area contributed by atoms with Crippen LogP contribution in [0.25, 0.3) is 0 Å². The van der Waals surface area contributed by atoms with E-state index in [9.17, 15) is 0 Å². The van der Waals surface area contributed by atoms with Crippen LogP contribution < -0.4 is 0 Å². The number of alkyl halides is 1. The molecular weight excluding hydrogens is 304 g/mol. The molecule has 18 heavy (non-hydrogen) atoms. The van der Waals surface area contributed by atoms with Gasteiger partial charge in [-0.2, -0.15) is 0 Å². The van der Waals surface area contributed by atoms with Crippen LogP contribution in [-0.4, -0.2) is 0 Å². The molecular formula is C16H19BrS. The molecule has 0 saturated heterocycles. The highest BCUT2D eigenvalue weighted by molar-refractivity contribution is 9.09. The molecule has 0 amide bonds. The molecule has 2 rings (SSSR count). The maximum atomic E-state index is 3.92. The summed E-state index contributed by atoms with van der Waals surface area (Å²) < 4.78 is 0. The number of halogens is 1. The van der Waals surface area contributed by atoms with Gasteiger partial charge in [0.2, 0.25) is 0 Å². The molecule has 1 unspecified atom stereocenters. The quantitative estimate of drug-likeness (QED) is 0.628. The van der Waals surface area contributed by atoms with E-state index < -0.39 is 0 Å². The number of thiophene rings is 1. The summed E-state index contributed by atoms with van der Waals surface area (Å²) >= 11 is 5.79. The van der Waals surface area contributed by atoms with Crippen LogP contribution in [0.2, 0.25) is 0 Å². The zero-order valence-corrected chi connectivity index (χ0v) is 13.7. The SMILES string of the molecule is Cc1cc(C(Br)C(C)(C)c2ccccc2)c(C)s1. The molecule has 0 radical (unpaired) electrons. The molecule has 0 spiro atoms. The minimum atomic E-state index is 0.0829. The van der Waals surface area contributed by atoms with E-state index in [2.05, 4.69) is 80.0 Å². The summed E-state index contributed by atoms with van der Waals surface area (Å²) in [5.74, 6) is 0. The zero-order chi connectivity index (χ0) is 13.3. The van der Waals surface area contributed by atoms with Crippen LogP contribution in [0.3, 0.4) is 0 Å². The summed E-state index contributed by atoms with van der Waals surface area (Å²) in [5, 5.41) is 0. The molecule has 2 aromatic rings. The Kier molecular flexibility index (Phi) is 3.98. The molecule has 96 valence electrons. The monoisotopic (exact) mass is 322 g/mol. The highest BCUT2D eigenvalue weighted by Crippen LogP contribution is 2.45. The summed E-state index contributed by atoms with van der Waals surface area (Å²) in [4.78, 5) is 3.14. The standard InChI is InChI=1S/C16H19BrS/c1-11-10-14(12(2)18-11)15(17)16(3,4)13-8-6-5-7-9-13/h5-10,15H,1-4H3. The Balaban J connectivity index is 2.39. The van der Waals surface area contributed by atoms with E-state index >= 15 is 0 Å². The largest absolute Gasteiger partial charge is 0.146 e. The molecule has 1 aromatic carbocycles. The van der Waals surface area contributed by atoms with E-state index in [-0.39, 0.29) is 5.41 Å². The average molecular weight is 323 g/mol. The molecule has 0 aliphatic carbocycles. The minimum Gasteiger partial charge on any atom is -0.146 e. The predicted molar refractivity (Wildman–Crippen MR) is 84.9 cm³/mol. The normalized spacial score (nSPS) is 13.6. The zero-order valence-electron chi connectivity index (χ0n) is 11.3. The smallest absolute Gasteiger partial charge is 0.0497 e. The Bertz CT molecular complexity index is 525. The van der Waals surface area contributed by atoms with Gasteiger partial charge >= 0.3 is 0 Å². The lowest BCUT2D eigenvalue weighted by atomic mass is 9.79. The van der Waals surface area contributed by atoms with Crippen LogP contribution in [0.4, 0.5) is 0 Å². The molecule has 0 fully saturated rings. The van der Waals surface area contributed by atoms with Gasteiger partial charge in [-0.1, -0.05) is 60.1 Å². The number of hydrogen-bond donors (Lipinski definition) is 0. The van der Waals surface area contributed by atoms with Gasteiger partial charge in [0.1, 0.15) is 0 Å². The Morgan fingerprint density at radius 1 is 1.11 bits per heavy atom. The summed E-state index contributed by atoms with van der Waals surface area (Å²) in [6.45, 7) is 8.99. The van der Waals surface area contributed by atoms with Gasteiger partial charge in [-0.25, -0.2) is 0 Å². The van der Waals surface area contributed by atoms with Crippen LogP contribution in [-0.2, 0) is 5.41 Å². The van der Waals surface area contributed by atoms with Crippen molar-refractivity contribution in [3.8, 4) is 0 Å².